The Bertz CT molecular complexity index is 486. The van der Waals surface area contributed by atoms with Gasteiger partial charge in [-0.1, -0.05) is 12.1 Å². The van der Waals surface area contributed by atoms with Crippen molar-refractivity contribution in [1.82, 2.24) is 5.32 Å². The third-order valence-electron chi connectivity index (χ3n) is 3.03. The molecule has 0 aromatic heterocycles. The third kappa shape index (κ3) is 4.25. The zero-order valence-electron chi connectivity index (χ0n) is 11.0. The number of rotatable bonds is 6. The molecule has 1 heterocycles. The van der Waals surface area contributed by atoms with Crippen LogP contribution in [0, 0.1) is 0 Å². The summed E-state index contributed by atoms with van der Waals surface area (Å²) in [5, 5.41) is 11.9. The van der Waals surface area contributed by atoms with E-state index in [0.717, 1.165) is 19.4 Å². The van der Waals surface area contributed by atoms with Gasteiger partial charge in [0.2, 0.25) is 5.91 Å². The number of hydrogen-bond donors (Lipinski definition) is 2. The van der Waals surface area contributed by atoms with E-state index < -0.39 is 5.97 Å². The summed E-state index contributed by atoms with van der Waals surface area (Å²) in [6.45, 7) is 1.29. The van der Waals surface area contributed by atoms with Crippen molar-refractivity contribution >= 4 is 23.6 Å². The van der Waals surface area contributed by atoms with E-state index in [4.69, 9.17) is 9.84 Å². The molecule has 6 heteroatoms. The minimum atomic E-state index is -0.979. The molecule has 0 bridgehead atoms. The van der Waals surface area contributed by atoms with E-state index in [1.54, 1.807) is 18.2 Å². The Morgan fingerprint density at radius 1 is 1.40 bits per heavy atom. The van der Waals surface area contributed by atoms with Crippen LogP contribution in [0.4, 0.5) is 0 Å². The minimum Gasteiger partial charge on any atom is -0.478 e. The zero-order chi connectivity index (χ0) is 14.4. The number of benzene rings is 1. The molecule has 0 saturated carbocycles. The maximum atomic E-state index is 11.7. The van der Waals surface area contributed by atoms with Crippen molar-refractivity contribution in [1.29, 1.82) is 0 Å². The maximum Gasteiger partial charge on any atom is 0.336 e. The lowest BCUT2D eigenvalue weighted by Crippen LogP contribution is -2.32. The van der Waals surface area contributed by atoms with Gasteiger partial charge in [-0.05, 0) is 25.0 Å². The first-order valence-corrected chi connectivity index (χ1v) is 7.49. The normalized spacial score (nSPS) is 17.9. The first-order chi connectivity index (χ1) is 9.66. The standard InChI is InChI=1S/C14H17NO4S/c16-13(15-8-10-4-3-7-19-10)9-20-12-6-2-1-5-11(12)14(17)18/h1-2,5-6,10H,3-4,7-9H2,(H,15,16)(H,17,18)/t10-/m0/s1. The molecule has 1 amide bonds. The number of aromatic carboxylic acids is 1. The molecule has 0 radical (unpaired) electrons. The second-order valence-electron chi connectivity index (χ2n) is 4.53. The van der Waals surface area contributed by atoms with Crippen LogP contribution in [0.1, 0.15) is 23.2 Å². The SMILES string of the molecule is O=C(CSc1ccccc1C(=O)O)NC[C@@H]1CCCO1. The van der Waals surface area contributed by atoms with E-state index in [2.05, 4.69) is 5.32 Å². The van der Waals surface area contributed by atoms with E-state index in [1.807, 2.05) is 0 Å². The number of nitrogens with one attached hydrogen (secondary N) is 1. The fraction of sp³-hybridized carbons (Fsp3) is 0.429. The molecule has 2 N–H and O–H groups in total. The maximum absolute atomic E-state index is 11.7. The first kappa shape index (κ1) is 14.9. The lowest BCUT2D eigenvalue weighted by molar-refractivity contribution is -0.119. The van der Waals surface area contributed by atoms with Crippen LogP contribution in [0.5, 0.6) is 0 Å². The molecule has 1 aliphatic rings. The van der Waals surface area contributed by atoms with Crippen LogP contribution < -0.4 is 5.32 Å². The smallest absolute Gasteiger partial charge is 0.336 e. The number of carbonyl (C=O) groups is 2. The summed E-state index contributed by atoms with van der Waals surface area (Å²) >= 11 is 1.23. The molecular formula is C14H17NO4S. The molecule has 108 valence electrons. The summed E-state index contributed by atoms with van der Waals surface area (Å²) in [5.74, 6) is -0.879. The summed E-state index contributed by atoms with van der Waals surface area (Å²) in [4.78, 5) is 23.4. The highest BCUT2D eigenvalue weighted by molar-refractivity contribution is 8.00. The van der Waals surface area contributed by atoms with Gasteiger partial charge in [0.1, 0.15) is 0 Å². The van der Waals surface area contributed by atoms with E-state index >= 15 is 0 Å². The van der Waals surface area contributed by atoms with Crippen molar-refractivity contribution < 1.29 is 19.4 Å². The number of carboxylic acid groups (broad SMARTS) is 1. The lowest BCUT2D eigenvalue weighted by Gasteiger charge is -2.11. The van der Waals surface area contributed by atoms with Gasteiger partial charge in [-0.3, -0.25) is 4.79 Å². The van der Waals surface area contributed by atoms with Crippen molar-refractivity contribution in [3.63, 3.8) is 0 Å². The predicted octanol–water partition coefficient (Wildman–Crippen LogP) is 1.77. The van der Waals surface area contributed by atoms with Crippen LogP contribution in [0.15, 0.2) is 29.2 Å². The van der Waals surface area contributed by atoms with E-state index in [-0.39, 0.29) is 23.3 Å². The molecule has 1 aliphatic heterocycles. The number of amides is 1. The monoisotopic (exact) mass is 295 g/mol. The Kier molecular flexibility index (Phi) is 5.43. The van der Waals surface area contributed by atoms with Gasteiger partial charge in [0.25, 0.3) is 0 Å². The molecule has 1 saturated heterocycles. The summed E-state index contributed by atoms with van der Waals surface area (Å²) in [6.07, 6.45) is 2.14. The number of ether oxygens (including phenoxy) is 1. The number of carboxylic acids is 1. The highest BCUT2D eigenvalue weighted by Gasteiger charge is 2.16. The molecular weight excluding hydrogens is 278 g/mol. The Hall–Kier alpha value is -1.53. The van der Waals surface area contributed by atoms with Crippen molar-refractivity contribution in [3.8, 4) is 0 Å². The quantitative estimate of drug-likeness (QED) is 0.782. The number of thioether (sulfide) groups is 1. The number of carbonyl (C=O) groups excluding carboxylic acids is 1. The molecule has 1 fully saturated rings. The van der Waals surface area contributed by atoms with Crippen molar-refractivity contribution in [2.45, 2.75) is 23.8 Å². The Labute approximate surface area is 121 Å². The first-order valence-electron chi connectivity index (χ1n) is 6.50. The van der Waals surface area contributed by atoms with Gasteiger partial charge in [0.15, 0.2) is 0 Å². The second-order valence-corrected chi connectivity index (χ2v) is 5.55. The number of hydrogen-bond acceptors (Lipinski definition) is 4. The molecule has 1 atom stereocenters. The van der Waals surface area contributed by atoms with E-state index in [0.29, 0.717) is 11.4 Å². The van der Waals surface area contributed by atoms with Crippen LogP contribution in [0.2, 0.25) is 0 Å². The van der Waals surface area contributed by atoms with Crippen molar-refractivity contribution in [2.75, 3.05) is 18.9 Å². The topological polar surface area (TPSA) is 75.6 Å². The van der Waals surface area contributed by atoms with E-state index in [9.17, 15) is 9.59 Å². The molecule has 5 nitrogen and oxygen atoms in total. The van der Waals surface area contributed by atoms with Gasteiger partial charge >= 0.3 is 5.97 Å². The Morgan fingerprint density at radius 3 is 2.90 bits per heavy atom. The predicted molar refractivity (Wildman–Crippen MR) is 76.1 cm³/mol. The van der Waals surface area contributed by atoms with Gasteiger partial charge in [-0.15, -0.1) is 11.8 Å². The highest BCUT2D eigenvalue weighted by Crippen LogP contribution is 2.22. The third-order valence-corrected chi connectivity index (χ3v) is 4.10. The van der Waals surface area contributed by atoms with Gasteiger partial charge in [-0.2, -0.15) is 0 Å². The van der Waals surface area contributed by atoms with Crippen molar-refractivity contribution in [3.05, 3.63) is 29.8 Å². The molecule has 2 rings (SSSR count). The fourth-order valence-electron chi connectivity index (χ4n) is 2.00. The molecule has 1 aromatic carbocycles. The van der Waals surface area contributed by atoms with E-state index in [1.165, 1.54) is 17.8 Å². The molecule has 20 heavy (non-hydrogen) atoms. The molecule has 1 aromatic rings. The van der Waals surface area contributed by atoms with Gasteiger partial charge in [0.05, 0.1) is 17.4 Å². The lowest BCUT2D eigenvalue weighted by atomic mass is 10.2. The molecule has 0 unspecified atom stereocenters. The van der Waals surface area contributed by atoms with Gasteiger partial charge in [-0.25, -0.2) is 4.79 Å². The van der Waals surface area contributed by atoms with Gasteiger partial charge in [0, 0.05) is 18.0 Å². The van der Waals surface area contributed by atoms with Crippen LogP contribution in [0.25, 0.3) is 0 Å². The van der Waals surface area contributed by atoms with Crippen LogP contribution in [0.3, 0.4) is 0 Å². The van der Waals surface area contributed by atoms with Crippen LogP contribution >= 0.6 is 11.8 Å². The van der Waals surface area contributed by atoms with Gasteiger partial charge < -0.3 is 15.2 Å². The Morgan fingerprint density at radius 2 is 2.20 bits per heavy atom. The zero-order valence-corrected chi connectivity index (χ0v) is 11.8. The summed E-state index contributed by atoms with van der Waals surface area (Å²) in [7, 11) is 0. The second kappa shape index (κ2) is 7.31. The average Bonchev–Trinajstić information content (AvgIpc) is 2.96. The molecule has 0 spiro atoms. The van der Waals surface area contributed by atoms with Crippen LogP contribution in [-0.4, -0.2) is 42.0 Å². The Balaban J connectivity index is 1.79. The fourth-order valence-corrected chi connectivity index (χ4v) is 2.87. The van der Waals surface area contributed by atoms with Crippen molar-refractivity contribution in [2.24, 2.45) is 0 Å². The highest BCUT2D eigenvalue weighted by atomic mass is 32.2. The molecule has 0 aliphatic carbocycles. The average molecular weight is 295 g/mol. The largest absolute Gasteiger partial charge is 0.478 e. The van der Waals surface area contributed by atoms with Crippen LogP contribution in [-0.2, 0) is 9.53 Å². The summed E-state index contributed by atoms with van der Waals surface area (Å²) < 4.78 is 5.42. The summed E-state index contributed by atoms with van der Waals surface area (Å²) in [5.41, 5.74) is 0.226. The summed E-state index contributed by atoms with van der Waals surface area (Å²) in [6, 6.07) is 6.68. The minimum absolute atomic E-state index is 0.106.